The molecule has 3 aromatic rings. The van der Waals surface area contributed by atoms with Crippen LogP contribution in [0, 0.1) is 11.7 Å². The smallest absolute Gasteiger partial charge is 0.323 e. The SMILES string of the molecule is CC(Cn1nc(C(F)(F)F)cc1C1CC1)C(=O)Nc1cnn(Cc2ccc(F)cc2Cl)c1. The molecule has 0 aliphatic heterocycles. The molecule has 1 N–H and O–H groups in total. The van der Waals surface area contributed by atoms with Crippen molar-refractivity contribution in [2.75, 3.05) is 5.32 Å². The molecule has 1 fully saturated rings. The number of anilines is 1. The number of hydrogen-bond acceptors (Lipinski definition) is 3. The van der Waals surface area contributed by atoms with Gasteiger partial charge in [0.15, 0.2) is 5.69 Å². The number of amides is 1. The summed E-state index contributed by atoms with van der Waals surface area (Å²) in [4.78, 5) is 12.6. The predicted octanol–water partition coefficient (Wildman–Crippen LogP) is 5.09. The van der Waals surface area contributed by atoms with Crippen LogP contribution in [-0.2, 0) is 24.1 Å². The summed E-state index contributed by atoms with van der Waals surface area (Å²) in [5.74, 6) is -1.37. The Bertz CT molecular complexity index is 1140. The van der Waals surface area contributed by atoms with Gasteiger partial charge in [-0.15, -0.1) is 0 Å². The predicted molar refractivity (Wildman–Crippen MR) is 110 cm³/mol. The molecule has 0 spiro atoms. The molecule has 2 aromatic heterocycles. The summed E-state index contributed by atoms with van der Waals surface area (Å²) in [5.41, 5.74) is 0.668. The van der Waals surface area contributed by atoms with Crippen molar-refractivity contribution < 1.29 is 22.4 Å². The Kier molecular flexibility index (Phi) is 5.98. The summed E-state index contributed by atoms with van der Waals surface area (Å²) in [5, 5.41) is 10.8. The second kappa shape index (κ2) is 8.57. The summed E-state index contributed by atoms with van der Waals surface area (Å²) >= 11 is 6.03. The Balaban J connectivity index is 1.40. The van der Waals surface area contributed by atoms with Gasteiger partial charge < -0.3 is 5.32 Å². The molecule has 1 aliphatic carbocycles. The molecule has 0 radical (unpaired) electrons. The van der Waals surface area contributed by atoms with Crippen molar-refractivity contribution in [1.82, 2.24) is 19.6 Å². The molecular weight excluding hydrogens is 450 g/mol. The lowest BCUT2D eigenvalue weighted by atomic mass is 10.1. The van der Waals surface area contributed by atoms with Crippen LogP contribution >= 0.6 is 11.6 Å². The van der Waals surface area contributed by atoms with E-state index >= 15 is 0 Å². The van der Waals surface area contributed by atoms with Gasteiger partial charge in [-0.05, 0) is 36.6 Å². The molecule has 1 amide bonds. The highest BCUT2D eigenvalue weighted by molar-refractivity contribution is 6.31. The van der Waals surface area contributed by atoms with Crippen LogP contribution < -0.4 is 5.32 Å². The largest absolute Gasteiger partial charge is 0.435 e. The quantitative estimate of drug-likeness (QED) is 0.490. The highest BCUT2D eigenvalue weighted by atomic mass is 35.5. The molecule has 1 saturated carbocycles. The second-order valence-corrected chi connectivity index (χ2v) is 8.37. The number of nitrogens with zero attached hydrogens (tertiary/aromatic N) is 4. The Morgan fingerprint density at radius 3 is 2.72 bits per heavy atom. The summed E-state index contributed by atoms with van der Waals surface area (Å²) in [6, 6.07) is 5.13. The average Bonchev–Trinajstić information content (AvgIpc) is 3.31. The summed E-state index contributed by atoms with van der Waals surface area (Å²) in [6.45, 7) is 1.94. The Morgan fingerprint density at radius 2 is 2.06 bits per heavy atom. The van der Waals surface area contributed by atoms with Crippen molar-refractivity contribution in [2.24, 2.45) is 5.92 Å². The van der Waals surface area contributed by atoms with Gasteiger partial charge in [0.25, 0.3) is 0 Å². The number of carbonyl (C=O) groups excluding carboxylic acids is 1. The third kappa shape index (κ3) is 5.12. The van der Waals surface area contributed by atoms with Crippen molar-refractivity contribution >= 4 is 23.2 Å². The van der Waals surface area contributed by atoms with Crippen molar-refractivity contribution in [3.8, 4) is 0 Å². The summed E-state index contributed by atoms with van der Waals surface area (Å²) in [6.07, 6.45) is 0.160. The number of hydrogen-bond donors (Lipinski definition) is 1. The number of rotatable bonds is 7. The monoisotopic (exact) mass is 469 g/mol. The lowest BCUT2D eigenvalue weighted by Gasteiger charge is -2.13. The van der Waals surface area contributed by atoms with Gasteiger partial charge in [-0.3, -0.25) is 14.2 Å². The van der Waals surface area contributed by atoms with Gasteiger partial charge in [0.2, 0.25) is 5.91 Å². The third-order valence-corrected chi connectivity index (χ3v) is 5.59. The lowest BCUT2D eigenvalue weighted by molar-refractivity contribution is -0.141. The Morgan fingerprint density at radius 1 is 1.31 bits per heavy atom. The zero-order valence-electron chi connectivity index (χ0n) is 17.0. The average molecular weight is 470 g/mol. The van der Waals surface area contributed by atoms with Crippen LogP contribution in [0.5, 0.6) is 0 Å². The van der Waals surface area contributed by atoms with Crippen molar-refractivity contribution in [1.29, 1.82) is 0 Å². The van der Waals surface area contributed by atoms with E-state index < -0.39 is 23.6 Å². The van der Waals surface area contributed by atoms with Crippen molar-refractivity contribution in [2.45, 2.75) is 44.9 Å². The first-order chi connectivity index (χ1) is 15.1. The van der Waals surface area contributed by atoms with Gasteiger partial charge in [0.1, 0.15) is 5.82 Å². The maximum Gasteiger partial charge on any atom is 0.435 e. The zero-order chi connectivity index (χ0) is 23.0. The fourth-order valence-corrected chi connectivity index (χ4v) is 3.60. The zero-order valence-corrected chi connectivity index (χ0v) is 17.8. The van der Waals surface area contributed by atoms with Gasteiger partial charge >= 0.3 is 6.18 Å². The van der Waals surface area contributed by atoms with Crippen LogP contribution in [0.3, 0.4) is 0 Å². The normalized spacial score (nSPS) is 15.1. The number of aromatic nitrogens is 4. The van der Waals surface area contributed by atoms with E-state index in [1.807, 2.05) is 0 Å². The standard InChI is InChI=1S/C21H20ClF4N5O/c1-12(9-31-18(13-2-3-13)7-19(29-31)21(24,25)26)20(32)28-16-8-27-30(11-16)10-14-4-5-15(23)6-17(14)22/h4-8,11-13H,2-3,9-10H2,1H3,(H,28,32). The highest BCUT2D eigenvalue weighted by Gasteiger charge is 2.38. The van der Waals surface area contributed by atoms with Gasteiger partial charge in [-0.2, -0.15) is 23.4 Å². The Labute approximate surface area is 186 Å². The molecule has 1 unspecified atom stereocenters. The van der Waals surface area contributed by atoms with E-state index in [0.717, 1.165) is 18.9 Å². The maximum atomic E-state index is 13.2. The maximum absolute atomic E-state index is 13.2. The minimum atomic E-state index is -4.53. The number of carbonyl (C=O) groups is 1. The lowest BCUT2D eigenvalue weighted by Crippen LogP contribution is -2.25. The highest BCUT2D eigenvalue weighted by Crippen LogP contribution is 2.42. The molecule has 11 heteroatoms. The Hall–Kier alpha value is -2.88. The van der Waals surface area contributed by atoms with Crippen molar-refractivity contribution in [3.63, 3.8) is 0 Å². The molecule has 4 rings (SSSR count). The first kappa shape index (κ1) is 22.3. The van der Waals surface area contributed by atoms with Crippen LogP contribution in [0.25, 0.3) is 0 Å². The summed E-state index contributed by atoms with van der Waals surface area (Å²) < 4.78 is 55.2. The molecule has 170 valence electrons. The molecule has 1 aliphatic rings. The first-order valence-corrected chi connectivity index (χ1v) is 10.4. The van der Waals surface area contributed by atoms with Gasteiger partial charge in [-0.1, -0.05) is 24.6 Å². The fraction of sp³-hybridized carbons (Fsp3) is 0.381. The van der Waals surface area contributed by atoms with Crippen LogP contribution in [0.2, 0.25) is 5.02 Å². The summed E-state index contributed by atoms with van der Waals surface area (Å²) in [7, 11) is 0. The molecule has 6 nitrogen and oxygen atoms in total. The minimum absolute atomic E-state index is 0.0348. The molecule has 1 aromatic carbocycles. The van der Waals surface area contributed by atoms with E-state index in [-0.39, 0.29) is 29.9 Å². The van der Waals surface area contributed by atoms with E-state index in [1.54, 1.807) is 19.2 Å². The number of halogens is 5. The minimum Gasteiger partial charge on any atom is -0.323 e. The van der Waals surface area contributed by atoms with Crippen LogP contribution in [0.4, 0.5) is 23.2 Å². The van der Waals surface area contributed by atoms with Crippen LogP contribution in [-0.4, -0.2) is 25.5 Å². The third-order valence-electron chi connectivity index (χ3n) is 5.24. The molecule has 2 heterocycles. The van der Waals surface area contributed by atoms with Gasteiger partial charge in [0.05, 0.1) is 30.9 Å². The van der Waals surface area contributed by atoms with E-state index in [0.29, 0.717) is 16.9 Å². The van der Waals surface area contributed by atoms with E-state index in [4.69, 9.17) is 11.6 Å². The molecule has 32 heavy (non-hydrogen) atoms. The fourth-order valence-electron chi connectivity index (χ4n) is 3.37. The first-order valence-electron chi connectivity index (χ1n) is 10.0. The second-order valence-electron chi connectivity index (χ2n) is 7.96. The van der Waals surface area contributed by atoms with Crippen LogP contribution in [0.1, 0.15) is 42.6 Å². The molecular formula is C21H20ClF4N5O. The number of nitrogens with one attached hydrogen (secondary N) is 1. The van der Waals surface area contributed by atoms with Gasteiger partial charge in [-0.25, -0.2) is 4.39 Å². The van der Waals surface area contributed by atoms with E-state index in [9.17, 15) is 22.4 Å². The van der Waals surface area contributed by atoms with Crippen LogP contribution in [0.15, 0.2) is 36.7 Å². The molecule has 0 saturated heterocycles. The van der Waals surface area contributed by atoms with E-state index in [2.05, 4.69) is 15.5 Å². The topological polar surface area (TPSA) is 64.7 Å². The van der Waals surface area contributed by atoms with E-state index in [1.165, 1.54) is 27.7 Å². The molecule has 1 atom stereocenters. The van der Waals surface area contributed by atoms with Gasteiger partial charge in [0, 0.05) is 22.8 Å². The van der Waals surface area contributed by atoms with Crippen molar-refractivity contribution in [3.05, 3.63) is 64.5 Å². The molecule has 0 bridgehead atoms. The number of benzene rings is 1. The number of alkyl halides is 3.